The largest absolute Gasteiger partial charge is 0.457 e. The summed E-state index contributed by atoms with van der Waals surface area (Å²) in [6, 6.07) is 12.5. The number of aryl methyl sites for hydroxylation is 2. The number of nitrogens with two attached hydrogens (primary N) is 1. The lowest BCUT2D eigenvalue weighted by atomic mass is 10.00. The molecule has 0 saturated heterocycles. The Bertz CT molecular complexity index is 625. The van der Waals surface area contributed by atoms with Crippen LogP contribution < -0.4 is 10.5 Å². The van der Waals surface area contributed by atoms with Crippen molar-refractivity contribution in [2.24, 2.45) is 5.73 Å². The van der Waals surface area contributed by atoms with Crippen LogP contribution in [0.1, 0.15) is 30.0 Å². The molecule has 0 amide bonds. The molecule has 112 valence electrons. The molecule has 2 aromatic rings. The Labute approximate surface area is 135 Å². The number of hydrogen-bond acceptors (Lipinski definition) is 2. The van der Waals surface area contributed by atoms with Crippen molar-refractivity contribution in [1.29, 1.82) is 0 Å². The van der Waals surface area contributed by atoms with Gasteiger partial charge >= 0.3 is 0 Å². The van der Waals surface area contributed by atoms with Gasteiger partial charge in [0.15, 0.2) is 0 Å². The van der Waals surface area contributed by atoms with Gasteiger partial charge in [-0.05, 0) is 67.6 Å². The second kappa shape index (κ2) is 7.10. The van der Waals surface area contributed by atoms with Crippen molar-refractivity contribution in [2.75, 3.05) is 0 Å². The summed E-state index contributed by atoms with van der Waals surface area (Å²) in [5.41, 5.74) is 9.67. The molecule has 0 aliphatic rings. The van der Waals surface area contributed by atoms with E-state index in [0.29, 0.717) is 0 Å². The number of ether oxygens (including phenoxy) is 1. The molecule has 21 heavy (non-hydrogen) atoms. The third-order valence-corrected chi connectivity index (χ3v) is 4.19. The van der Waals surface area contributed by atoms with Gasteiger partial charge in [0.2, 0.25) is 0 Å². The van der Waals surface area contributed by atoms with Gasteiger partial charge in [0.25, 0.3) is 0 Å². The summed E-state index contributed by atoms with van der Waals surface area (Å²) in [4.78, 5) is 0. The Kier molecular flexibility index (Phi) is 5.43. The van der Waals surface area contributed by atoms with Crippen LogP contribution >= 0.6 is 15.9 Å². The zero-order valence-corrected chi connectivity index (χ0v) is 14.4. The minimum atomic E-state index is 0.225. The summed E-state index contributed by atoms with van der Waals surface area (Å²) in [6.07, 6.45) is 1.91. The van der Waals surface area contributed by atoms with Crippen molar-refractivity contribution in [2.45, 2.75) is 39.7 Å². The highest BCUT2D eigenvalue weighted by molar-refractivity contribution is 9.10. The van der Waals surface area contributed by atoms with Gasteiger partial charge in [-0.15, -0.1) is 0 Å². The SMILES string of the molecule is CCC(N)Cc1ccc(Oc2cc(Br)ccc2C)cc1C. The maximum absolute atomic E-state index is 6.04. The summed E-state index contributed by atoms with van der Waals surface area (Å²) in [6.45, 7) is 6.27. The first-order valence-corrected chi connectivity index (χ1v) is 8.08. The van der Waals surface area contributed by atoms with E-state index in [1.54, 1.807) is 0 Å². The summed E-state index contributed by atoms with van der Waals surface area (Å²) in [7, 11) is 0. The van der Waals surface area contributed by atoms with E-state index in [1.807, 2.05) is 31.2 Å². The summed E-state index contributed by atoms with van der Waals surface area (Å²) in [5, 5.41) is 0. The minimum Gasteiger partial charge on any atom is -0.457 e. The van der Waals surface area contributed by atoms with Crippen molar-refractivity contribution < 1.29 is 4.74 Å². The standard InChI is InChI=1S/C18H22BrNO/c1-4-16(20)10-14-6-8-17(9-13(14)3)21-18-11-15(19)7-5-12(18)2/h5-9,11,16H,4,10,20H2,1-3H3. The quantitative estimate of drug-likeness (QED) is 0.812. The van der Waals surface area contributed by atoms with Gasteiger partial charge in [-0.2, -0.15) is 0 Å². The molecule has 2 N–H and O–H groups in total. The Morgan fingerprint density at radius 2 is 1.86 bits per heavy atom. The maximum Gasteiger partial charge on any atom is 0.131 e. The van der Waals surface area contributed by atoms with Gasteiger partial charge in [-0.3, -0.25) is 0 Å². The van der Waals surface area contributed by atoms with E-state index in [0.717, 1.165) is 34.4 Å². The topological polar surface area (TPSA) is 35.2 Å². The third kappa shape index (κ3) is 4.32. The first kappa shape index (κ1) is 16.1. The normalized spacial score (nSPS) is 12.2. The molecule has 0 aliphatic heterocycles. The molecule has 0 fully saturated rings. The molecule has 0 saturated carbocycles. The van der Waals surface area contributed by atoms with Crippen molar-refractivity contribution in [3.8, 4) is 11.5 Å². The fourth-order valence-corrected chi connectivity index (χ4v) is 2.54. The van der Waals surface area contributed by atoms with Crippen LogP contribution in [0.5, 0.6) is 11.5 Å². The van der Waals surface area contributed by atoms with Crippen molar-refractivity contribution in [1.82, 2.24) is 0 Å². The molecule has 3 heteroatoms. The molecule has 0 spiro atoms. The predicted molar refractivity (Wildman–Crippen MR) is 92.1 cm³/mol. The van der Waals surface area contributed by atoms with E-state index in [-0.39, 0.29) is 6.04 Å². The zero-order valence-electron chi connectivity index (χ0n) is 12.8. The van der Waals surface area contributed by atoms with Crippen LogP contribution in [-0.4, -0.2) is 6.04 Å². The molecule has 1 unspecified atom stereocenters. The van der Waals surface area contributed by atoms with Gasteiger partial charge in [0, 0.05) is 10.5 Å². The van der Waals surface area contributed by atoms with E-state index in [1.165, 1.54) is 11.1 Å². The van der Waals surface area contributed by atoms with Crippen LogP contribution in [0.15, 0.2) is 40.9 Å². The molecular formula is C18H22BrNO. The van der Waals surface area contributed by atoms with Gasteiger partial charge in [0.05, 0.1) is 0 Å². The van der Waals surface area contributed by atoms with Gasteiger partial charge in [-0.25, -0.2) is 0 Å². The highest BCUT2D eigenvalue weighted by Gasteiger charge is 2.07. The van der Waals surface area contributed by atoms with E-state index in [4.69, 9.17) is 10.5 Å². The number of hydrogen-bond donors (Lipinski definition) is 1. The Morgan fingerprint density at radius 1 is 1.10 bits per heavy atom. The number of benzene rings is 2. The molecule has 0 bridgehead atoms. The minimum absolute atomic E-state index is 0.225. The van der Waals surface area contributed by atoms with Crippen molar-refractivity contribution in [3.05, 3.63) is 57.6 Å². The predicted octanol–water partition coefficient (Wildman–Crippen LogP) is 5.14. The lowest BCUT2D eigenvalue weighted by molar-refractivity contribution is 0.477. The highest BCUT2D eigenvalue weighted by Crippen LogP contribution is 2.29. The third-order valence-electron chi connectivity index (χ3n) is 3.70. The van der Waals surface area contributed by atoms with E-state index < -0.39 is 0 Å². The second-order valence-electron chi connectivity index (χ2n) is 5.47. The lowest BCUT2D eigenvalue weighted by Crippen LogP contribution is -2.21. The molecule has 0 aliphatic carbocycles. The van der Waals surface area contributed by atoms with Gasteiger partial charge in [-0.1, -0.05) is 35.0 Å². The highest BCUT2D eigenvalue weighted by atomic mass is 79.9. The summed E-state index contributed by atoms with van der Waals surface area (Å²) in [5.74, 6) is 1.74. The molecule has 2 rings (SSSR count). The average Bonchev–Trinajstić information content (AvgIpc) is 2.45. The molecule has 2 aromatic carbocycles. The molecule has 0 heterocycles. The van der Waals surface area contributed by atoms with Crippen molar-refractivity contribution in [3.63, 3.8) is 0 Å². The van der Waals surface area contributed by atoms with Crippen LogP contribution in [0.4, 0.5) is 0 Å². The fraction of sp³-hybridized carbons (Fsp3) is 0.333. The Balaban J connectivity index is 2.18. The fourth-order valence-electron chi connectivity index (χ4n) is 2.20. The van der Waals surface area contributed by atoms with Crippen LogP contribution in [0.25, 0.3) is 0 Å². The van der Waals surface area contributed by atoms with Crippen LogP contribution in [0, 0.1) is 13.8 Å². The number of rotatable bonds is 5. The first-order valence-electron chi connectivity index (χ1n) is 7.28. The lowest BCUT2D eigenvalue weighted by Gasteiger charge is -2.14. The monoisotopic (exact) mass is 347 g/mol. The van der Waals surface area contributed by atoms with Crippen LogP contribution in [0.3, 0.4) is 0 Å². The second-order valence-corrected chi connectivity index (χ2v) is 6.39. The summed E-state index contributed by atoms with van der Waals surface area (Å²) >= 11 is 3.48. The van der Waals surface area contributed by atoms with Crippen LogP contribution in [0.2, 0.25) is 0 Å². The zero-order chi connectivity index (χ0) is 15.4. The van der Waals surface area contributed by atoms with E-state index >= 15 is 0 Å². The molecule has 2 nitrogen and oxygen atoms in total. The van der Waals surface area contributed by atoms with E-state index in [9.17, 15) is 0 Å². The maximum atomic E-state index is 6.04. The Hall–Kier alpha value is -1.32. The number of halogens is 1. The van der Waals surface area contributed by atoms with Crippen LogP contribution in [-0.2, 0) is 6.42 Å². The average molecular weight is 348 g/mol. The molecule has 0 aromatic heterocycles. The molecule has 0 radical (unpaired) electrons. The Morgan fingerprint density at radius 3 is 2.52 bits per heavy atom. The molecule has 1 atom stereocenters. The van der Waals surface area contributed by atoms with Gasteiger partial charge in [0.1, 0.15) is 11.5 Å². The van der Waals surface area contributed by atoms with Crippen molar-refractivity contribution >= 4 is 15.9 Å². The molecular weight excluding hydrogens is 326 g/mol. The summed E-state index contributed by atoms with van der Waals surface area (Å²) < 4.78 is 7.01. The smallest absolute Gasteiger partial charge is 0.131 e. The van der Waals surface area contributed by atoms with E-state index in [2.05, 4.69) is 41.9 Å². The van der Waals surface area contributed by atoms with Gasteiger partial charge < -0.3 is 10.5 Å². The first-order chi connectivity index (χ1) is 9.99.